The van der Waals surface area contributed by atoms with E-state index in [1.54, 1.807) is 23.8 Å². The van der Waals surface area contributed by atoms with Crippen LogP contribution in [0.3, 0.4) is 0 Å². The van der Waals surface area contributed by atoms with E-state index in [2.05, 4.69) is 0 Å². The number of anilines is 1. The van der Waals surface area contributed by atoms with Gasteiger partial charge in [-0.1, -0.05) is 59.3 Å². The van der Waals surface area contributed by atoms with Gasteiger partial charge in [-0.05, 0) is 54.1 Å². The molecule has 3 aromatic carbocycles. The summed E-state index contributed by atoms with van der Waals surface area (Å²) in [5, 5.41) is 1.29. The molecule has 0 fully saturated rings. The van der Waals surface area contributed by atoms with Crippen molar-refractivity contribution in [2.75, 3.05) is 17.8 Å². The highest BCUT2D eigenvalue weighted by Crippen LogP contribution is 2.34. The van der Waals surface area contributed by atoms with Crippen LogP contribution >= 0.6 is 34.7 Å². The van der Waals surface area contributed by atoms with Crippen LogP contribution in [0.2, 0.25) is 5.02 Å². The average molecular weight is 483 g/mol. The summed E-state index contributed by atoms with van der Waals surface area (Å²) in [6.45, 7) is 0.489. The summed E-state index contributed by atoms with van der Waals surface area (Å²) >= 11 is 9.57. The van der Waals surface area contributed by atoms with Crippen molar-refractivity contribution < 1.29 is 9.53 Å². The largest absolute Gasteiger partial charge is 0.497 e. The lowest BCUT2D eigenvalue weighted by Crippen LogP contribution is -2.30. The number of hydrogen-bond donors (Lipinski definition) is 0. The topological polar surface area (TPSA) is 42.4 Å². The second-order valence-corrected chi connectivity index (χ2v) is 9.76. The lowest BCUT2D eigenvalue weighted by atomic mass is 10.2. The van der Waals surface area contributed by atoms with Crippen molar-refractivity contribution in [3.05, 3.63) is 83.4 Å². The number of ether oxygens (including phenoxy) is 1. The molecular weight excluding hydrogens is 460 g/mol. The molecule has 0 spiro atoms. The van der Waals surface area contributed by atoms with Gasteiger partial charge in [0.25, 0.3) is 0 Å². The summed E-state index contributed by atoms with van der Waals surface area (Å²) in [5.74, 6) is 1.78. The van der Waals surface area contributed by atoms with Crippen molar-refractivity contribution in [3.63, 3.8) is 0 Å². The number of rotatable bonds is 9. The number of halogens is 1. The Morgan fingerprint density at radius 2 is 1.84 bits per heavy atom. The Labute approximate surface area is 201 Å². The average Bonchev–Trinajstić information content (AvgIpc) is 3.26. The van der Waals surface area contributed by atoms with Gasteiger partial charge in [0.05, 0.1) is 23.4 Å². The molecule has 0 aliphatic rings. The highest BCUT2D eigenvalue weighted by molar-refractivity contribution is 7.99. The van der Waals surface area contributed by atoms with Gasteiger partial charge in [-0.15, -0.1) is 11.8 Å². The van der Waals surface area contributed by atoms with Gasteiger partial charge in [0.2, 0.25) is 5.91 Å². The SMILES string of the molecule is COc1ccc(SCCCC(=O)N(Cc2ccccc2)c2nc3c(Cl)cccc3s2)cc1. The molecule has 1 aromatic heterocycles. The van der Waals surface area contributed by atoms with E-state index in [0.29, 0.717) is 23.1 Å². The van der Waals surface area contributed by atoms with Crippen molar-refractivity contribution in [2.45, 2.75) is 24.3 Å². The van der Waals surface area contributed by atoms with E-state index < -0.39 is 0 Å². The molecule has 0 aliphatic carbocycles. The van der Waals surface area contributed by atoms with Gasteiger partial charge in [-0.2, -0.15) is 0 Å². The predicted molar refractivity (Wildman–Crippen MR) is 135 cm³/mol. The Balaban J connectivity index is 1.44. The number of thiazole rings is 1. The van der Waals surface area contributed by atoms with Gasteiger partial charge in [-0.25, -0.2) is 4.98 Å². The summed E-state index contributed by atoms with van der Waals surface area (Å²) in [4.78, 5) is 20.9. The van der Waals surface area contributed by atoms with E-state index in [9.17, 15) is 4.79 Å². The molecule has 0 aliphatic heterocycles. The molecule has 1 heterocycles. The van der Waals surface area contributed by atoms with Crippen molar-refractivity contribution >= 4 is 56.0 Å². The van der Waals surface area contributed by atoms with Crippen LogP contribution in [-0.4, -0.2) is 23.8 Å². The fourth-order valence-electron chi connectivity index (χ4n) is 3.27. The second-order valence-electron chi connectivity index (χ2n) is 7.18. The molecule has 0 saturated heterocycles. The first-order valence-corrected chi connectivity index (χ1v) is 12.5. The first-order chi connectivity index (χ1) is 15.6. The summed E-state index contributed by atoms with van der Waals surface area (Å²) in [5.41, 5.74) is 1.81. The number of aromatic nitrogens is 1. The molecule has 7 heteroatoms. The minimum Gasteiger partial charge on any atom is -0.497 e. The Bertz CT molecular complexity index is 1180. The van der Waals surface area contributed by atoms with Gasteiger partial charge in [0, 0.05) is 11.3 Å². The van der Waals surface area contributed by atoms with Crippen LogP contribution in [0.5, 0.6) is 5.75 Å². The van der Waals surface area contributed by atoms with E-state index in [0.717, 1.165) is 33.7 Å². The number of methoxy groups -OCH3 is 1. The first kappa shape index (κ1) is 22.6. The van der Waals surface area contributed by atoms with Crippen LogP contribution in [0.4, 0.5) is 5.13 Å². The monoisotopic (exact) mass is 482 g/mol. The number of fused-ring (bicyclic) bond motifs is 1. The maximum atomic E-state index is 13.2. The first-order valence-electron chi connectivity index (χ1n) is 10.3. The summed E-state index contributed by atoms with van der Waals surface area (Å²) in [6.07, 6.45) is 1.24. The van der Waals surface area contributed by atoms with Crippen LogP contribution in [-0.2, 0) is 11.3 Å². The number of nitrogens with zero attached hydrogens (tertiary/aromatic N) is 2. The normalized spacial score (nSPS) is 10.9. The molecule has 4 aromatic rings. The highest BCUT2D eigenvalue weighted by Gasteiger charge is 2.20. The predicted octanol–water partition coefficient (Wildman–Crippen LogP) is 7.06. The number of para-hydroxylation sites is 1. The second kappa shape index (κ2) is 10.9. The lowest BCUT2D eigenvalue weighted by Gasteiger charge is -2.20. The van der Waals surface area contributed by atoms with Crippen LogP contribution < -0.4 is 9.64 Å². The van der Waals surface area contributed by atoms with Crippen LogP contribution in [0.1, 0.15) is 18.4 Å². The molecule has 4 nitrogen and oxygen atoms in total. The summed E-state index contributed by atoms with van der Waals surface area (Å²) < 4.78 is 6.18. The summed E-state index contributed by atoms with van der Waals surface area (Å²) in [6, 6.07) is 23.7. The van der Waals surface area contributed by atoms with Gasteiger partial charge >= 0.3 is 0 Å². The minimum absolute atomic E-state index is 0.0689. The molecule has 0 saturated carbocycles. The quantitative estimate of drug-likeness (QED) is 0.189. The van der Waals surface area contributed by atoms with E-state index in [4.69, 9.17) is 21.3 Å². The number of hydrogen-bond acceptors (Lipinski definition) is 5. The highest BCUT2D eigenvalue weighted by atomic mass is 35.5. The molecule has 0 N–H and O–H groups in total. The Hall–Kier alpha value is -2.54. The molecular formula is C25H23ClN2O2S2. The molecule has 32 heavy (non-hydrogen) atoms. The zero-order valence-electron chi connectivity index (χ0n) is 17.7. The fraction of sp³-hybridized carbons (Fsp3) is 0.200. The Morgan fingerprint density at radius 3 is 2.56 bits per heavy atom. The van der Waals surface area contributed by atoms with Gasteiger partial charge in [0.15, 0.2) is 5.13 Å². The molecule has 0 atom stereocenters. The number of benzene rings is 3. The van der Waals surface area contributed by atoms with Crippen molar-refractivity contribution in [3.8, 4) is 5.75 Å². The zero-order chi connectivity index (χ0) is 22.3. The Morgan fingerprint density at radius 1 is 1.06 bits per heavy atom. The maximum absolute atomic E-state index is 13.2. The van der Waals surface area contributed by atoms with Gasteiger partial charge < -0.3 is 4.74 Å². The van der Waals surface area contributed by atoms with E-state index >= 15 is 0 Å². The maximum Gasteiger partial charge on any atom is 0.229 e. The van der Waals surface area contributed by atoms with Crippen LogP contribution in [0, 0.1) is 0 Å². The molecule has 4 rings (SSSR count). The number of carbonyl (C=O) groups is 1. The van der Waals surface area contributed by atoms with E-state index in [1.807, 2.05) is 72.8 Å². The molecule has 0 unspecified atom stereocenters. The standard InChI is InChI=1S/C25H23ClN2O2S2/c1-30-19-12-14-20(15-13-19)31-16-6-11-23(29)28(17-18-7-3-2-4-8-18)25-27-24-21(26)9-5-10-22(24)32-25/h2-5,7-10,12-15H,6,11,16-17H2,1H3. The number of amides is 1. The van der Waals surface area contributed by atoms with Crippen molar-refractivity contribution in [1.29, 1.82) is 0 Å². The smallest absolute Gasteiger partial charge is 0.229 e. The molecule has 0 bridgehead atoms. The van der Waals surface area contributed by atoms with Crippen molar-refractivity contribution in [1.82, 2.24) is 4.98 Å². The number of carbonyl (C=O) groups excluding carboxylic acids is 1. The third kappa shape index (κ3) is 5.63. The zero-order valence-corrected chi connectivity index (χ0v) is 20.1. The van der Waals surface area contributed by atoms with Gasteiger partial charge in [-0.3, -0.25) is 9.69 Å². The lowest BCUT2D eigenvalue weighted by molar-refractivity contribution is -0.118. The third-order valence-electron chi connectivity index (χ3n) is 4.94. The van der Waals surface area contributed by atoms with Gasteiger partial charge in [0.1, 0.15) is 11.3 Å². The van der Waals surface area contributed by atoms with Crippen molar-refractivity contribution in [2.24, 2.45) is 0 Å². The minimum atomic E-state index is 0.0689. The van der Waals surface area contributed by atoms with Crippen LogP contribution in [0.25, 0.3) is 10.2 Å². The fourth-order valence-corrected chi connectivity index (χ4v) is 5.40. The third-order valence-corrected chi connectivity index (χ3v) is 7.38. The number of thioether (sulfide) groups is 1. The molecule has 0 radical (unpaired) electrons. The van der Waals surface area contributed by atoms with E-state index in [-0.39, 0.29) is 5.91 Å². The Kier molecular flexibility index (Phi) is 7.68. The molecule has 1 amide bonds. The van der Waals surface area contributed by atoms with Crippen LogP contribution in [0.15, 0.2) is 77.7 Å². The summed E-state index contributed by atoms with van der Waals surface area (Å²) in [7, 11) is 1.66. The van der Waals surface area contributed by atoms with E-state index in [1.165, 1.54) is 16.2 Å². The molecule has 164 valence electrons.